The van der Waals surface area contributed by atoms with E-state index in [0.29, 0.717) is 36.5 Å². The molecule has 0 aliphatic carbocycles. The Kier molecular flexibility index (Phi) is 3.95. The Morgan fingerprint density at radius 1 is 1.15 bits per heavy atom. The Morgan fingerprint density at radius 2 is 1.92 bits per heavy atom. The standard InChI is InChI=1S/C17H15F3N4O2/c18-17(19,20)26-13-3-1-11(2-4-13)14-9-22-16-15(21-6-8-24(14)16)23-7-5-12(25)10-23/h1-4,6,8-9,12,25H,5,7,10H2. The number of hydrogen-bond donors (Lipinski definition) is 1. The summed E-state index contributed by atoms with van der Waals surface area (Å²) < 4.78 is 42.6. The summed E-state index contributed by atoms with van der Waals surface area (Å²) in [5.74, 6) is 0.399. The minimum Gasteiger partial charge on any atom is -0.406 e. The van der Waals surface area contributed by atoms with Gasteiger partial charge in [-0.05, 0) is 30.7 Å². The number of fused-ring (bicyclic) bond motifs is 1. The lowest BCUT2D eigenvalue weighted by Crippen LogP contribution is -2.23. The number of ether oxygens (including phenoxy) is 1. The first-order valence-corrected chi connectivity index (χ1v) is 8.02. The Labute approximate surface area is 146 Å². The number of imidazole rings is 1. The zero-order chi connectivity index (χ0) is 18.3. The maximum absolute atomic E-state index is 12.3. The SMILES string of the molecule is OC1CCN(c2nccn3c(-c4ccc(OC(F)(F)F)cc4)cnc23)C1. The monoisotopic (exact) mass is 364 g/mol. The lowest BCUT2D eigenvalue weighted by Gasteiger charge is -2.17. The van der Waals surface area contributed by atoms with Gasteiger partial charge in [-0.1, -0.05) is 0 Å². The van der Waals surface area contributed by atoms with Crippen LogP contribution < -0.4 is 9.64 Å². The van der Waals surface area contributed by atoms with E-state index < -0.39 is 6.36 Å². The Hall–Kier alpha value is -2.81. The van der Waals surface area contributed by atoms with Crippen LogP contribution in [0.2, 0.25) is 0 Å². The second kappa shape index (κ2) is 6.17. The van der Waals surface area contributed by atoms with E-state index in [-0.39, 0.29) is 11.9 Å². The number of rotatable bonds is 3. The number of aliphatic hydroxyl groups is 1. The van der Waals surface area contributed by atoms with Gasteiger partial charge < -0.3 is 14.7 Å². The van der Waals surface area contributed by atoms with Crippen molar-refractivity contribution in [3.05, 3.63) is 42.9 Å². The van der Waals surface area contributed by atoms with E-state index in [2.05, 4.69) is 14.7 Å². The second-order valence-corrected chi connectivity index (χ2v) is 6.05. The fourth-order valence-corrected chi connectivity index (χ4v) is 3.10. The van der Waals surface area contributed by atoms with Gasteiger partial charge in [-0.2, -0.15) is 0 Å². The third-order valence-electron chi connectivity index (χ3n) is 4.26. The van der Waals surface area contributed by atoms with Crippen molar-refractivity contribution in [2.45, 2.75) is 18.9 Å². The van der Waals surface area contributed by atoms with Crippen LogP contribution in [-0.2, 0) is 0 Å². The van der Waals surface area contributed by atoms with Crippen LogP contribution in [0.5, 0.6) is 5.75 Å². The highest BCUT2D eigenvalue weighted by atomic mass is 19.4. The highest BCUT2D eigenvalue weighted by molar-refractivity contribution is 5.71. The van der Waals surface area contributed by atoms with Crippen LogP contribution in [0, 0.1) is 0 Å². The molecule has 3 aromatic rings. The number of β-amino-alcohol motifs (C(OH)–C–C–N with tert-alkyl or cyclic N) is 1. The van der Waals surface area contributed by atoms with Gasteiger partial charge >= 0.3 is 6.36 Å². The molecule has 0 spiro atoms. The minimum absolute atomic E-state index is 0.275. The maximum atomic E-state index is 12.3. The summed E-state index contributed by atoms with van der Waals surface area (Å²) in [7, 11) is 0. The van der Waals surface area contributed by atoms with Gasteiger partial charge in [-0.15, -0.1) is 13.2 Å². The number of nitrogens with zero attached hydrogens (tertiary/aromatic N) is 4. The summed E-state index contributed by atoms with van der Waals surface area (Å²) in [5, 5.41) is 9.73. The molecular formula is C17H15F3N4O2. The van der Waals surface area contributed by atoms with Crippen LogP contribution in [0.25, 0.3) is 16.9 Å². The molecular weight excluding hydrogens is 349 g/mol. The number of halogens is 3. The van der Waals surface area contributed by atoms with Gasteiger partial charge in [-0.25, -0.2) is 9.97 Å². The molecule has 0 radical (unpaired) electrons. The van der Waals surface area contributed by atoms with Crippen LogP contribution in [0.4, 0.5) is 19.0 Å². The Morgan fingerprint density at radius 3 is 2.58 bits per heavy atom. The van der Waals surface area contributed by atoms with E-state index in [1.54, 1.807) is 30.7 Å². The topological polar surface area (TPSA) is 62.9 Å². The van der Waals surface area contributed by atoms with Gasteiger partial charge in [0.1, 0.15) is 5.75 Å². The molecule has 2 aromatic heterocycles. The normalized spacial score (nSPS) is 17.8. The molecule has 1 unspecified atom stereocenters. The quantitative estimate of drug-likeness (QED) is 0.774. The van der Waals surface area contributed by atoms with Crippen molar-refractivity contribution in [1.29, 1.82) is 0 Å². The van der Waals surface area contributed by atoms with Crippen LogP contribution >= 0.6 is 0 Å². The predicted molar refractivity (Wildman–Crippen MR) is 87.9 cm³/mol. The fraction of sp³-hybridized carbons (Fsp3) is 0.294. The molecule has 6 nitrogen and oxygen atoms in total. The summed E-state index contributed by atoms with van der Waals surface area (Å²) in [5.41, 5.74) is 2.06. The smallest absolute Gasteiger partial charge is 0.406 e. The van der Waals surface area contributed by atoms with Gasteiger partial charge in [0.05, 0.1) is 18.0 Å². The molecule has 0 saturated carbocycles. The van der Waals surface area contributed by atoms with Gasteiger partial charge in [-0.3, -0.25) is 4.40 Å². The van der Waals surface area contributed by atoms with Crippen molar-refractivity contribution in [2.75, 3.05) is 18.0 Å². The molecule has 0 bridgehead atoms. The molecule has 0 amide bonds. The van der Waals surface area contributed by atoms with Gasteiger partial charge in [0.2, 0.25) is 0 Å². The summed E-state index contributed by atoms with van der Waals surface area (Å²) in [6.45, 7) is 1.19. The van der Waals surface area contributed by atoms with Crippen molar-refractivity contribution in [1.82, 2.24) is 14.4 Å². The first-order valence-electron chi connectivity index (χ1n) is 8.02. The summed E-state index contributed by atoms with van der Waals surface area (Å²) >= 11 is 0. The molecule has 4 rings (SSSR count). The summed E-state index contributed by atoms with van der Waals surface area (Å²) in [6.07, 6.45) is 0.607. The molecule has 1 fully saturated rings. The molecule has 1 saturated heterocycles. The summed E-state index contributed by atoms with van der Waals surface area (Å²) in [4.78, 5) is 10.8. The van der Waals surface area contributed by atoms with Crippen molar-refractivity contribution in [3.63, 3.8) is 0 Å². The molecule has 1 aliphatic heterocycles. The molecule has 1 atom stereocenters. The van der Waals surface area contributed by atoms with E-state index in [9.17, 15) is 18.3 Å². The van der Waals surface area contributed by atoms with E-state index in [4.69, 9.17) is 0 Å². The van der Waals surface area contributed by atoms with Crippen molar-refractivity contribution < 1.29 is 23.0 Å². The van der Waals surface area contributed by atoms with Crippen LogP contribution in [-0.4, -0.2) is 45.0 Å². The third kappa shape index (κ3) is 3.17. The molecule has 9 heteroatoms. The molecule has 3 heterocycles. The number of anilines is 1. The number of aromatic nitrogens is 3. The van der Waals surface area contributed by atoms with Crippen molar-refractivity contribution in [2.24, 2.45) is 0 Å². The largest absolute Gasteiger partial charge is 0.573 e. The lowest BCUT2D eigenvalue weighted by molar-refractivity contribution is -0.274. The number of hydrogen-bond acceptors (Lipinski definition) is 5. The molecule has 1 N–H and O–H groups in total. The van der Waals surface area contributed by atoms with Crippen LogP contribution in [0.3, 0.4) is 0 Å². The van der Waals surface area contributed by atoms with Gasteiger partial charge in [0.15, 0.2) is 11.5 Å². The minimum atomic E-state index is -4.72. The van der Waals surface area contributed by atoms with E-state index in [1.807, 2.05) is 9.30 Å². The first kappa shape index (κ1) is 16.6. The summed E-state index contributed by atoms with van der Waals surface area (Å²) in [6, 6.07) is 5.62. The van der Waals surface area contributed by atoms with Crippen molar-refractivity contribution >= 4 is 11.5 Å². The third-order valence-corrected chi connectivity index (χ3v) is 4.26. The van der Waals surface area contributed by atoms with Gasteiger partial charge in [0.25, 0.3) is 0 Å². The molecule has 26 heavy (non-hydrogen) atoms. The highest BCUT2D eigenvalue weighted by Crippen LogP contribution is 2.29. The predicted octanol–water partition coefficient (Wildman–Crippen LogP) is 2.87. The number of alkyl halides is 3. The lowest BCUT2D eigenvalue weighted by atomic mass is 10.1. The zero-order valence-electron chi connectivity index (χ0n) is 13.5. The fourth-order valence-electron chi connectivity index (χ4n) is 3.10. The maximum Gasteiger partial charge on any atom is 0.573 e. The Bertz CT molecular complexity index is 924. The Balaban J connectivity index is 1.67. The van der Waals surface area contributed by atoms with E-state index in [1.165, 1.54) is 12.1 Å². The van der Waals surface area contributed by atoms with E-state index in [0.717, 1.165) is 5.69 Å². The van der Waals surface area contributed by atoms with Crippen molar-refractivity contribution in [3.8, 4) is 17.0 Å². The molecule has 136 valence electrons. The van der Waals surface area contributed by atoms with Crippen LogP contribution in [0.15, 0.2) is 42.9 Å². The van der Waals surface area contributed by atoms with Crippen LogP contribution in [0.1, 0.15) is 6.42 Å². The average molecular weight is 364 g/mol. The number of benzene rings is 1. The first-order chi connectivity index (χ1) is 12.4. The number of aliphatic hydroxyl groups excluding tert-OH is 1. The molecule has 1 aliphatic rings. The second-order valence-electron chi connectivity index (χ2n) is 6.05. The van der Waals surface area contributed by atoms with Gasteiger partial charge in [0, 0.05) is 31.0 Å². The highest BCUT2D eigenvalue weighted by Gasteiger charge is 2.31. The average Bonchev–Trinajstić information content (AvgIpc) is 3.20. The zero-order valence-corrected chi connectivity index (χ0v) is 13.5. The molecule has 1 aromatic carbocycles. The van der Waals surface area contributed by atoms with E-state index >= 15 is 0 Å².